The second kappa shape index (κ2) is 9.96. The van der Waals surface area contributed by atoms with E-state index >= 15 is 0 Å². The average Bonchev–Trinajstić information content (AvgIpc) is 2.51. The van der Waals surface area contributed by atoms with Crippen molar-refractivity contribution in [3.8, 4) is 0 Å². The molecule has 0 heterocycles. The lowest BCUT2D eigenvalue weighted by atomic mass is 10.1. The Labute approximate surface area is 101 Å². The SMILES string of the molecule is [2H]C([2H])([2H])C([2H])([2H])C([2H])([2H])C([2H])([2H])C([2H])([2H])C([2H])([2H])C([2H])([2H])C([2H])([2H])C([2H])([2H])C([2H])([2H])N. The minimum atomic E-state index is -4.56. The summed E-state index contributed by atoms with van der Waals surface area (Å²) in [5, 5.41) is 0. The molecule has 0 aromatic rings. The molecule has 1 heteroatoms. The van der Waals surface area contributed by atoms with Gasteiger partial charge < -0.3 is 5.73 Å². The molecule has 0 unspecified atom stereocenters. The molecular weight excluding hydrogens is 134 g/mol. The van der Waals surface area contributed by atoms with E-state index in [2.05, 4.69) is 0 Å². The summed E-state index contributed by atoms with van der Waals surface area (Å²) < 4.78 is 159. The Hall–Kier alpha value is -0.0400. The quantitative estimate of drug-likeness (QED) is 0.607. The molecule has 11 heavy (non-hydrogen) atoms. The van der Waals surface area contributed by atoms with Crippen LogP contribution in [0.3, 0.4) is 0 Å². The van der Waals surface area contributed by atoms with E-state index in [1.54, 1.807) is 0 Å². The van der Waals surface area contributed by atoms with E-state index in [9.17, 15) is 0 Å². The smallest absolute Gasteiger partial charge is 0.0425 e. The van der Waals surface area contributed by atoms with Gasteiger partial charge in [-0.05, 0) is 12.9 Å². The number of nitrogens with two attached hydrogens (primary N) is 1. The van der Waals surface area contributed by atoms with Gasteiger partial charge in [-0.25, -0.2) is 0 Å². The van der Waals surface area contributed by atoms with Gasteiger partial charge in [0.1, 0.15) is 0 Å². The van der Waals surface area contributed by atoms with Gasteiger partial charge in [0.2, 0.25) is 0 Å². The van der Waals surface area contributed by atoms with Crippen molar-refractivity contribution in [1.29, 1.82) is 0 Å². The number of rotatable bonds is 8. The summed E-state index contributed by atoms with van der Waals surface area (Å²) in [7, 11) is 0. The monoisotopic (exact) mass is 178 g/mol. The largest absolute Gasteiger partial charge is 0.330 e. The van der Waals surface area contributed by atoms with Crippen LogP contribution in [0.2, 0.25) is 0 Å². The van der Waals surface area contributed by atoms with Gasteiger partial charge >= 0.3 is 0 Å². The van der Waals surface area contributed by atoms with Crippen LogP contribution in [0.4, 0.5) is 0 Å². The Kier molecular flexibility index (Phi) is 1.03. The average molecular weight is 178 g/mol. The minimum Gasteiger partial charge on any atom is -0.330 e. The predicted octanol–water partition coefficient (Wildman–Crippen LogP) is 3.09. The van der Waals surface area contributed by atoms with Crippen LogP contribution in [0.15, 0.2) is 0 Å². The van der Waals surface area contributed by atoms with E-state index in [0.717, 1.165) is 0 Å². The molecule has 0 rings (SSSR count). The fourth-order valence-corrected chi connectivity index (χ4v) is 0.224. The van der Waals surface area contributed by atoms with Crippen LogP contribution in [0.25, 0.3) is 0 Å². The van der Waals surface area contributed by atoms with Gasteiger partial charge in [-0.2, -0.15) is 0 Å². The van der Waals surface area contributed by atoms with Crippen LogP contribution in [0.5, 0.6) is 0 Å². The van der Waals surface area contributed by atoms with Crippen molar-refractivity contribution in [1.82, 2.24) is 0 Å². The van der Waals surface area contributed by atoms with Gasteiger partial charge in [-0.15, -0.1) is 0 Å². The lowest BCUT2D eigenvalue weighted by Gasteiger charge is -1.99. The first kappa shape index (κ1) is 1.13. The molecule has 2 N–H and O–H groups in total. The van der Waals surface area contributed by atoms with E-state index in [0.29, 0.717) is 0 Å². The number of hydrogen-bond acceptors (Lipinski definition) is 1. The summed E-state index contributed by atoms with van der Waals surface area (Å²) in [6.07, 6.45) is -35.0. The molecule has 0 fully saturated rings. The maximum atomic E-state index is 7.84. The van der Waals surface area contributed by atoms with Crippen molar-refractivity contribution < 1.29 is 28.8 Å². The second-order valence-electron chi connectivity index (χ2n) is 1.14. The summed E-state index contributed by atoms with van der Waals surface area (Å²) >= 11 is 0. The zero-order valence-electron chi connectivity index (χ0n) is 26.6. The Bertz CT molecular complexity index is 632. The molecule has 68 valence electrons. The molecule has 0 bridgehead atoms. The van der Waals surface area contributed by atoms with Crippen molar-refractivity contribution >= 4 is 0 Å². The van der Waals surface area contributed by atoms with Crippen molar-refractivity contribution in [2.45, 2.75) is 57.8 Å². The van der Waals surface area contributed by atoms with Gasteiger partial charge in [-0.1, -0.05) is 51.5 Å². The second-order valence-corrected chi connectivity index (χ2v) is 1.14. The fraction of sp³-hybridized carbons (Fsp3) is 1.00. The molecular formula is C10H23N. The van der Waals surface area contributed by atoms with Crippen LogP contribution >= 0.6 is 0 Å². The minimum absolute atomic E-state index is 3.65. The van der Waals surface area contributed by atoms with E-state index in [1.807, 2.05) is 0 Å². The highest BCUT2D eigenvalue weighted by Gasteiger charge is 1.89. The third-order valence-corrected chi connectivity index (χ3v) is 0.510. The van der Waals surface area contributed by atoms with E-state index in [4.69, 9.17) is 34.5 Å². The molecule has 0 saturated heterocycles. The molecule has 1 nitrogen and oxygen atoms in total. The van der Waals surface area contributed by atoms with Crippen molar-refractivity contribution in [3.63, 3.8) is 0 Å². The maximum absolute atomic E-state index is 7.84. The lowest BCUT2D eigenvalue weighted by Crippen LogP contribution is -1.97. The highest BCUT2D eigenvalue weighted by molar-refractivity contribution is 4.45. The Morgan fingerprint density at radius 1 is 1.00 bits per heavy atom. The lowest BCUT2D eigenvalue weighted by molar-refractivity contribution is 0.578. The third kappa shape index (κ3) is 9.96. The fourth-order valence-electron chi connectivity index (χ4n) is 0.224. The standard InChI is InChI=1S/C10H23N/c1-2-3-4-5-6-7-8-9-10-11/h2-11H2,1H3/i1D3,2D2,3D2,4D2,5D2,6D2,7D2,8D2,9D2,10D2. The van der Waals surface area contributed by atoms with Gasteiger partial charge in [-0.3, -0.25) is 0 Å². The van der Waals surface area contributed by atoms with Gasteiger partial charge in [0.25, 0.3) is 0 Å². The zero-order chi connectivity index (χ0) is 27.0. The molecule has 0 amide bonds. The summed E-state index contributed by atoms with van der Waals surface area (Å²) in [6.45, 7) is -7.55. The van der Waals surface area contributed by atoms with Crippen molar-refractivity contribution in [2.75, 3.05) is 6.50 Å². The normalized spacial score (nSPS) is 51.5. The highest BCUT2D eigenvalue weighted by Crippen LogP contribution is 2.07. The maximum Gasteiger partial charge on any atom is 0.0425 e. The predicted molar refractivity (Wildman–Crippen MR) is 51.7 cm³/mol. The zero-order valence-corrected chi connectivity index (χ0v) is 5.58. The van der Waals surface area contributed by atoms with Crippen LogP contribution in [0, 0.1) is 0 Å². The van der Waals surface area contributed by atoms with Crippen LogP contribution < -0.4 is 5.73 Å². The number of hydrogen-bond donors (Lipinski definition) is 1. The first-order valence-electron chi connectivity index (χ1n) is 13.0. The summed E-state index contributed by atoms with van der Waals surface area (Å²) in [5.41, 5.74) is 4.90. The summed E-state index contributed by atoms with van der Waals surface area (Å²) in [4.78, 5) is 0. The molecule has 0 atom stereocenters. The Balaban J connectivity index is 7.00. The molecule has 0 aromatic carbocycles. The molecule has 0 aliphatic heterocycles. The first-order valence-corrected chi connectivity index (χ1v) is 2.54. The van der Waals surface area contributed by atoms with Crippen LogP contribution in [-0.2, 0) is 0 Å². The van der Waals surface area contributed by atoms with Crippen molar-refractivity contribution in [2.24, 2.45) is 5.73 Å². The molecule has 0 aliphatic carbocycles. The highest BCUT2D eigenvalue weighted by atomic mass is 14.5. The van der Waals surface area contributed by atoms with Gasteiger partial charge in [0.05, 0.1) is 0 Å². The van der Waals surface area contributed by atoms with E-state index < -0.39 is 64.3 Å². The van der Waals surface area contributed by atoms with Gasteiger partial charge in [0, 0.05) is 28.8 Å². The first-order chi connectivity index (χ1) is 13.2. The summed E-state index contributed by atoms with van der Waals surface area (Å²) in [5.74, 6) is 0. The van der Waals surface area contributed by atoms with Crippen LogP contribution in [0.1, 0.15) is 86.6 Å². The summed E-state index contributed by atoms with van der Waals surface area (Å²) in [6, 6.07) is 0. The van der Waals surface area contributed by atoms with Crippen molar-refractivity contribution in [3.05, 3.63) is 0 Å². The van der Waals surface area contributed by atoms with Crippen LogP contribution in [-0.4, -0.2) is 6.50 Å². The molecule has 0 saturated carbocycles. The Morgan fingerprint density at radius 3 is 2.09 bits per heavy atom. The van der Waals surface area contributed by atoms with Gasteiger partial charge in [0.15, 0.2) is 0 Å². The molecule has 0 radical (unpaired) electrons. The Morgan fingerprint density at radius 2 is 1.55 bits per heavy atom. The van der Waals surface area contributed by atoms with E-state index in [1.165, 1.54) is 0 Å². The topological polar surface area (TPSA) is 26.0 Å². The third-order valence-electron chi connectivity index (χ3n) is 0.510. The molecule has 0 spiro atoms. The molecule has 0 aromatic heterocycles. The molecule has 0 aliphatic rings. The van der Waals surface area contributed by atoms with E-state index in [-0.39, 0.29) is 0 Å².